The zero-order chi connectivity index (χ0) is 21.5. The van der Waals surface area contributed by atoms with E-state index in [0.29, 0.717) is 18.0 Å². The van der Waals surface area contributed by atoms with Gasteiger partial charge < -0.3 is 19.7 Å². The van der Waals surface area contributed by atoms with E-state index in [1.54, 1.807) is 26.2 Å². The molecule has 3 aromatic rings. The van der Waals surface area contributed by atoms with E-state index in [1.807, 2.05) is 43.3 Å². The Morgan fingerprint density at radius 2 is 1.57 bits per heavy atom. The fourth-order valence-electron chi connectivity index (χ4n) is 3.38. The maximum absolute atomic E-state index is 12.7. The quantitative estimate of drug-likeness (QED) is 0.583. The number of nitrogens with one attached hydrogen (secondary N) is 1. The minimum Gasteiger partial charge on any atom is -0.493 e. The number of amides is 2. The summed E-state index contributed by atoms with van der Waals surface area (Å²) < 4.78 is 10.8. The first kappa shape index (κ1) is 21.2. The maximum Gasteiger partial charge on any atom is 0.317 e. The Hall–Kier alpha value is -3.47. The lowest BCUT2D eigenvalue weighted by Crippen LogP contribution is -2.38. The van der Waals surface area contributed by atoms with E-state index < -0.39 is 0 Å². The molecule has 5 heteroatoms. The molecule has 0 aromatic heterocycles. The highest BCUT2D eigenvalue weighted by Crippen LogP contribution is 2.31. The topological polar surface area (TPSA) is 50.8 Å². The highest BCUT2D eigenvalue weighted by molar-refractivity contribution is 5.74. The summed E-state index contributed by atoms with van der Waals surface area (Å²) in [5.41, 5.74) is 4.26. The van der Waals surface area contributed by atoms with E-state index in [1.165, 1.54) is 5.56 Å². The second-order valence-corrected chi connectivity index (χ2v) is 7.17. The summed E-state index contributed by atoms with van der Waals surface area (Å²) in [6.45, 7) is 2.39. The van der Waals surface area contributed by atoms with Gasteiger partial charge in [0.1, 0.15) is 0 Å². The predicted octanol–water partition coefficient (Wildman–Crippen LogP) is 5.27. The summed E-state index contributed by atoms with van der Waals surface area (Å²) in [5.74, 6) is 1.29. The summed E-state index contributed by atoms with van der Waals surface area (Å²) in [7, 11) is 4.96. The zero-order valence-corrected chi connectivity index (χ0v) is 17.9. The molecule has 0 radical (unpaired) electrons. The van der Waals surface area contributed by atoms with Crippen LogP contribution in [0.3, 0.4) is 0 Å². The van der Waals surface area contributed by atoms with Crippen LogP contribution >= 0.6 is 0 Å². The Morgan fingerprint density at radius 3 is 2.20 bits per heavy atom. The van der Waals surface area contributed by atoms with Crippen molar-refractivity contribution in [2.24, 2.45) is 0 Å². The lowest BCUT2D eigenvalue weighted by molar-refractivity contribution is 0.203. The molecule has 0 unspecified atom stereocenters. The van der Waals surface area contributed by atoms with Crippen LogP contribution in [0.25, 0.3) is 11.1 Å². The highest BCUT2D eigenvalue weighted by atomic mass is 16.5. The number of hydrogen-bond donors (Lipinski definition) is 1. The van der Waals surface area contributed by atoms with Crippen LogP contribution in [0.4, 0.5) is 4.79 Å². The second-order valence-electron chi connectivity index (χ2n) is 7.17. The number of carbonyl (C=O) groups is 1. The molecule has 2 amide bonds. The molecule has 5 nitrogen and oxygen atoms in total. The summed E-state index contributed by atoms with van der Waals surface area (Å²) in [6, 6.07) is 23.9. The molecule has 0 aliphatic carbocycles. The van der Waals surface area contributed by atoms with Gasteiger partial charge in [-0.15, -0.1) is 0 Å². The molecular formula is C25H28N2O3. The van der Waals surface area contributed by atoms with Gasteiger partial charge in [-0.25, -0.2) is 4.79 Å². The molecule has 0 aliphatic rings. The Labute approximate surface area is 178 Å². The highest BCUT2D eigenvalue weighted by Gasteiger charge is 2.17. The Kier molecular flexibility index (Phi) is 6.96. The number of urea groups is 1. The first-order valence-corrected chi connectivity index (χ1v) is 9.90. The van der Waals surface area contributed by atoms with E-state index in [9.17, 15) is 4.79 Å². The molecule has 156 valence electrons. The smallest absolute Gasteiger partial charge is 0.317 e. The van der Waals surface area contributed by atoms with E-state index >= 15 is 0 Å². The average Bonchev–Trinajstić information content (AvgIpc) is 2.79. The van der Waals surface area contributed by atoms with Gasteiger partial charge in [-0.1, -0.05) is 66.7 Å². The first-order chi connectivity index (χ1) is 14.5. The van der Waals surface area contributed by atoms with Crippen molar-refractivity contribution < 1.29 is 14.3 Å². The number of nitrogens with zero attached hydrogens (tertiary/aromatic N) is 1. The standard InChI is InChI=1S/C25H28N2O3/c1-18(19-13-15-21(16-14-19)20-9-6-5-7-10-20)26-25(28)27(2)17-22-11-8-12-23(29-3)24(22)30-4/h5-16,18H,17H2,1-4H3,(H,26,28)/t18-/m0/s1. The normalized spacial score (nSPS) is 11.5. The summed E-state index contributed by atoms with van der Waals surface area (Å²) in [6.07, 6.45) is 0. The largest absolute Gasteiger partial charge is 0.493 e. The van der Waals surface area contributed by atoms with E-state index in [0.717, 1.165) is 16.7 Å². The lowest BCUT2D eigenvalue weighted by Gasteiger charge is -2.23. The molecule has 0 saturated heterocycles. The number of para-hydroxylation sites is 1. The van der Waals surface area contributed by atoms with Gasteiger partial charge >= 0.3 is 6.03 Å². The number of methoxy groups -OCH3 is 2. The molecule has 1 atom stereocenters. The molecule has 1 N–H and O–H groups in total. The van der Waals surface area contributed by atoms with E-state index in [-0.39, 0.29) is 12.1 Å². The number of carbonyl (C=O) groups excluding carboxylic acids is 1. The second kappa shape index (κ2) is 9.83. The Bertz CT molecular complexity index is 971. The van der Waals surface area contributed by atoms with Crippen molar-refractivity contribution in [3.8, 4) is 22.6 Å². The lowest BCUT2D eigenvalue weighted by atomic mass is 10.0. The van der Waals surface area contributed by atoms with Crippen molar-refractivity contribution in [1.29, 1.82) is 0 Å². The Morgan fingerprint density at radius 1 is 0.900 bits per heavy atom. The molecule has 3 aromatic carbocycles. The summed E-state index contributed by atoms with van der Waals surface area (Å²) >= 11 is 0. The van der Waals surface area contributed by atoms with Gasteiger partial charge in [0.15, 0.2) is 11.5 Å². The van der Waals surface area contributed by atoms with Gasteiger partial charge in [0.2, 0.25) is 0 Å². The monoisotopic (exact) mass is 404 g/mol. The van der Waals surface area contributed by atoms with Gasteiger partial charge in [0, 0.05) is 12.6 Å². The van der Waals surface area contributed by atoms with Crippen LogP contribution in [0, 0.1) is 0 Å². The van der Waals surface area contributed by atoms with Crippen molar-refractivity contribution in [2.75, 3.05) is 21.3 Å². The van der Waals surface area contributed by atoms with Gasteiger partial charge in [-0.05, 0) is 29.7 Å². The van der Waals surface area contributed by atoms with Gasteiger partial charge in [0.05, 0.1) is 26.8 Å². The third-order valence-corrected chi connectivity index (χ3v) is 5.10. The molecule has 0 saturated carbocycles. The fraction of sp³-hybridized carbons (Fsp3) is 0.240. The number of ether oxygens (including phenoxy) is 2. The zero-order valence-electron chi connectivity index (χ0n) is 17.9. The summed E-state index contributed by atoms with van der Waals surface area (Å²) in [4.78, 5) is 14.3. The number of hydrogen-bond acceptors (Lipinski definition) is 3. The van der Waals surface area contributed by atoms with Crippen LogP contribution in [0.5, 0.6) is 11.5 Å². The number of benzene rings is 3. The van der Waals surface area contributed by atoms with Crippen LogP contribution in [0.1, 0.15) is 24.1 Å². The van der Waals surface area contributed by atoms with Crippen LogP contribution in [0.2, 0.25) is 0 Å². The van der Waals surface area contributed by atoms with Crippen LogP contribution < -0.4 is 14.8 Å². The van der Waals surface area contributed by atoms with Crippen molar-refractivity contribution >= 4 is 6.03 Å². The molecule has 0 bridgehead atoms. The third-order valence-electron chi connectivity index (χ3n) is 5.10. The average molecular weight is 405 g/mol. The van der Waals surface area contributed by atoms with Crippen molar-refractivity contribution in [2.45, 2.75) is 19.5 Å². The Balaban J connectivity index is 1.64. The van der Waals surface area contributed by atoms with Crippen molar-refractivity contribution in [1.82, 2.24) is 10.2 Å². The van der Waals surface area contributed by atoms with Gasteiger partial charge in [-0.2, -0.15) is 0 Å². The molecule has 3 rings (SSSR count). The fourth-order valence-corrected chi connectivity index (χ4v) is 3.38. The SMILES string of the molecule is COc1cccc(CN(C)C(=O)N[C@@H](C)c2ccc(-c3ccccc3)cc2)c1OC. The third kappa shape index (κ3) is 4.92. The molecule has 0 spiro atoms. The molecule has 0 heterocycles. The van der Waals surface area contributed by atoms with Crippen LogP contribution in [-0.4, -0.2) is 32.2 Å². The molecule has 0 aliphatic heterocycles. The molecule has 0 fully saturated rings. The first-order valence-electron chi connectivity index (χ1n) is 9.90. The van der Waals surface area contributed by atoms with Gasteiger partial charge in [0.25, 0.3) is 0 Å². The molecular weight excluding hydrogens is 376 g/mol. The minimum atomic E-state index is -0.153. The predicted molar refractivity (Wildman–Crippen MR) is 120 cm³/mol. The van der Waals surface area contributed by atoms with Crippen molar-refractivity contribution in [3.63, 3.8) is 0 Å². The maximum atomic E-state index is 12.7. The van der Waals surface area contributed by atoms with Crippen LogP contribution in [-0.2, 0) is 6.54 Å². The number of rotatable bonds is 7. The van der Waals surface area contributed by atoms with E-state index in [4.69, 9.17) is 9.47 Å². The summed E-state index contributed by atoms with van der Waals surface area (Å²) in [5, 5.41) is 3.06. The van der Waals surface area contributed by atoms with E-state index in [2.05, 4.69) is 41.7 Å². The van der Waals surface area contributed by atoms with Crippen LogP contribution in [0.15, 0.2) is 72.8 Å². The van der Waals surface area contributed by atoms with Gasteiger partial charge in [-0.3, -0.25) is 0 Å². The molecule has 30 heavy (non-hydrogen) atoms. The minimum absolute atomic E-state index is 0.114. The van der Waals surface area contributed by atoms with Crippen molar-refractivity contribution in [3.05, 3.63) is 83.9 Å².